The zero-order valence-corrected chi connectivity index (χ0v) is 8.44. The van der Waals surface area contributed by atoms with E-state index < -0.39 is 0 Å². The van der Waals surface area contributed by atoms with E-state index in [9.17, 15) is 0 Å². The molecule has 5 nitrogen and oxygen atoms in total. The van der Waals surface area contributed by atoms with E-state index in [2.05, 4.69) is 22.1 Å². The molecule has 1 saturated heterocycles. The molecule has 2 rings (SSSR count). The Morgan fingerprint density at radius 1 is 1.57 bits per heavy atom. The largest absolute Gasteiger partial charge is 0.424 e. The Morgan fingerprint density at radius 3 is 3.07 bits per heavy atom. The average Bonchev–Trinajstić information content (AvgIpc) is 2.74. The second kappa shape index (κ2) is 4.06. The lowest BCUT2D eigenvalue weighted by atomic mass is 10.2. The van der Waals surface area contributed by atoms with Crippen LogP contribution in [-0.2, 0) is 6.42 Å². The molecule has 0 aliphatic carbocycles. The van der Waals surface area contributed by atoms with E-state index in [1.807, 2.05) is 0 Å². The number of likely N-dealkylation sites (tertiary alicyclic amines) is 1. The molecule has 0 unspecified atom stereocenters. The third-order valence-corrected chi connectivity index (χ3v) is 2.65. The molecule has 1 aromatic heterocycles. The number of hydrogen-bond donors (Lipinski definition) is 1. The highest BCUT2D eigenvalue weighted by Crippen LogP contribution is 2.29. The van der Waals surface area contributed by atoms with Gasteiger partial charge in [-0.15, -0.1) is 10.2 Å². The molecule has 1 aliphatic rings. The van der Waals surface area contributed by atoms with E-state index in [4.69, 9.17) is 10.2 Å². The molecule has 0 bridgehead atoms. The van der Waals surface area contributed by atoms with Crippen LogP contribution in [0, 0.1) is 0 Å². The van der Waals surface area contributed by atoms with Crippen LogP contribution < -0.4 is 5.73 Å². The van der Waals surface area contributed by atoms with E-state index in [-0.39, 0.29) is 0 Å². The van der Waals surface area contributed by atoms with Gasteiger partial charge in [0.05, 0.1) is 6.04 Å². The van der Waals surface area contributed by atoms with Crippen LogP contribution in [0.25, 0.3) is 0 Å². The van der Waals surface area contributed by atoms with Crippen molar-refractivity contribution in [1.82, 2.24) is 15.1 Å². The second-order valence-electron chi connectivity index (χ2n) is 3.71. The van der Waals surface area contributed by atoms with Crippen LogP contribution in [0.15, 0.2) is 4.42 Å². The smallest absolute Gasteiger partial charge is 0.233 e. The van der Waals surface area contributed by atoms with Gasteiger partial charge < -0.3 is 10.2 Å². The molecule has 1 atom stereocenters. The highest BCUT2D eigenvalue weighted by atomic mass is 16.4. The molecule has 0 aromatic carbocycles. The summed E-state index contributed by atoms with van der Waals surface area (Å²) in [5.41, 5.74) is 5.41. The van der Waals surface area contributed by atoms with Gasteiger partial charge in [-0.25, -0.2) is 0 Å². The maximum atomic E-state index is 5.53. The van der Waals surface area contributed by atoms with Gasteiger partial charge in [0.25, 0.3) is 0 Å². The molecular weight excluding hydrogens is 180 g/mol. The van der Waals surface area contributed by atoms with Crippen molar-refractivity contribution < 1.29 is 4.42 Å². The predicted octanol–water partition coefficient (Wildman–Crippen LogP) is 0.338. The van der Waals surface area contributed by atoms with Gasteiger partial charge in [0, 0.05) is 13.0 Å². The molecule has 2 heterocycles. The molecule has 2 N–H and O–H groups in total. The second-order valence-corrected chi connectivity index (χ2v) is 3.71. The van der Waals surface area contributed by atoms with Crippen LogP contribution in [0.3, 0.4) is 0 Å². The first-order valence-corrected chi connectivity index (χ1v) is 5.04. The maximum Gasteiger partial charge on any atom is 0.233 e. The molecule has 0 amide bonds. The fourth-order valence-corrected chi connectivity index (χ4v) is 1.85. The Labute approximate surface area is 83.3 Å². The number of nitrogens with two attached hydrogens (primary N) is 1. The van der Waals surface area contributed by atoms with Crippen molar-refractivity contribution in [2.75, 3.05) is 20.1 Å². The fourth-order valence-electron chi connectivity index (χ4n) is 1.85. The summed E-state index contributed by atoms with van der Waals surface area (Å²) in [6, 6.07) is 0.314. The number of nitrogens with zero attached hydrogens (tertiary/aromatic N) is 3. The summed E-state index contributed by atoms with van der Waals surface area (Å²) in [6.45, 7) is 1.67. The monoisotopic (exact) mass is 196 g/mol. The lowest BCUT2D eigenvalue weighted by Crippen LogP contribution is -2.17. The van der Waals surface area contributed by atoms with Crippen molar-refractivity contribution in [2.45, 2.75) is 25.3 Å². The van der Waals surface area contributed by atoms with Crippen LogP contribution in [-0.4, -0.2) is 35.2 Å². The molecule has 5 heteroatoms. The number of hydrogen-bond acceptors (Lipinski definition) is 5. The first-order chi connectivity index (χ1) is 6.81. The highest BCUT2D eigenvalue weighted by molar-refractivity contribution is 4.93. The zero-order valence-electron chi connectivity index (χ0n) is 8.44. The quantitative estimate of drug-likeness (QED) is 0.755. The van der Waals surface area contributed by atoms with Gasteiger partial charge in [0.15, 0.2) is 0 Å². The fraction of sp³-hybridized carbons (Fsp3) is 0.778. The Bertz CT molecular complexity index is 299. The lowest BCUT2D eigenvalue weighted by Gasteiger charge is -2.14. The maximum absolute atomic E-state index is 5.53. The summed E-state index contributed by atoms with van der Waals surface area (Å²) in [7, 11) is 2.09. The Hall–Kier alpha value is -0.940. The first-order valence-electron chi connectivity index (χ1n) is 5.04. The topological polar surface area (TPSA) is 68.2 Å². The van der Waals surface area contributed by atoms with E-state index in [1.165, 1.54) is 6.42 Å². The summed E-state index contributed by atoms with van der Waals surface area (Å²) in [4.78, 5) is 2.25. The highest BCUT2D eigenvalue weighted by Gasteiger charge is 2.27. The predicted molar refractivity (Wildman–Crippen MR) is 51.7 cm³/mol. The normalized spacial score (nSPS) is 23.1. The van der Waals surface area contributed by atoms with E-state index in [1.54, 1.807) is 0 Å². The van der Waals surface area contributed by atoms with Gasteiger partial charge in [0.1, 0.15) is 0 Å². The third kappa shape index (κ3) is 1.78. The Morgan fingerprint density at radius 2 is 2.43 bits per heavy atom. The zero-order chi connectivity index (χ0) is 9.97. The summed E-state index contributed by atoms with van der Waals surface area (Å²) >= 11 is 0. The van der Waals surface area contributed by atoms with Gasteiger partial charge in [-0.1, -0.05) is 0 Å². The SMILES string of the molecule is CN1CCC[C@H]1c1nnc(CCN)o1. The minimum atomic E-state index is 0.314. The average molecular weight is 196 g/mol. The van der Waals surface area contributed by atoms with E-state index >= 15 is 0 Å². The van der Waals surface area contributed by atoms with E-state index in [0.29, 0.717) is 24.9 Å². The molecule has 78 valence electrons. The molecule has 14 heavy (non-hydrogen) atoms. The Kier molecular flexibility index (Phi) is 2.79. The molecule has 1 fully saturated rings. The Balaban J connectivity index is 2.08. The van der Waals surface area contributed by atoms with Crippen LogP contribution in [0.4, 0.5) is 0 Å². The van der Waals surface area contributed by atoms with Gasteiger partial charge in [0.2, 0.25) is 11.8 Å². The van der Waals surface area contributed by atoms with Crippen molar-refractivity contribution in [1.29, 1.82) is 0 Å². The van der Waals surface area contributed by atoms with Gasteiger partial charge in [-0.3, -0.25) is 4.90 Å². The molecule has 0 spiro atoms. The minimum absolute atomic E-state index is 0.314. The third-order valence-electron chi connectivity index (χ3n) is 2.65. The van der Waals surface area contributed by atoms with Crippen LogP contribution >= 0.6 is 0 Å². The van der Waals surface area contributed by atoms with Gasteiger partial charge >= 0.3 is 0 Å². The van der Waals surface area contributed by atoms with Crippen LogP contribution in [0.2, 0.25) is 0 Å². The van der Waals surface area contributed by atoms with Crippen molar-refractivity contribution in [3.05, 3.63) is 11.8 Å². The molecular formula is C9H16N4O. The molecule has 0 saturated carbocycles. The summed E-state index contributed by atoms with van der Waals surface area (Å²) in [6.07, 6.45) is 2.99. The lowest BCUT2D eigenvalue weighted by molar-refractivity contribution is 0.263. The van der Waals surface area contributed by atoms with Gasteiger partial charge in [-0.05, 0) is 26.4 Å². The summed E-state index contributed by atoms with van der Waals surface area (Å²) in [5.74, 6) is 1.40. The van der Waals surface area contributed by atoms with Gasteiger partial charge in [-0.2, -0.15) is 0 Å². The van der Waals surface area contributed by atoms with Crippen molar-refractivity contribution >= 4 is 0 Å². The minimum Gasteiger partial charge on any atom is -0.424 e. The van der Waals surface area contributed by atoms with Crippen LogP contribution in [0.1, 0.15) is 30.7 Å². The summed E-state index contributed by atoms with van der Waals surface area (Å²) in [5, 5.41) is 8.01. The first kappa shape index (κ1) is 9.61. The number of aromatic nitrogens is 2. The van der Waals surface area contributed by atoms with Crippen LogP contribution in [0.5, 0.6) is 0 Å². The van der Waals surface area contributed by atoms with Crippen molar-refractivity contribution in [3.8, 4) is 0 Å². The standard InChI is InChI=1S/C9H16N4O/c1-13-6-2-3-7(13)9-12-11-8(14-9)4-5-10/h7H,2-6,10H2,1H3/t7-/m0/s1. The molecule has 0 radical (unpaired) electrons. The molecule has 1 aromatic rings. The summed E-state index contributed by atoms with van der Waals surface area (Å²) < 4.78 is 5.53. The van der Waals surface area contributed by atoms with E-state index in [0.717, 1.165) is 18.9 Å². The molecule has 1 aliphatic heterocycles. The van der Waals surface area contributed by atoms with Crippen molar-refractivity contribution in [3.63, 3.8) is 0 Å². The van der Waals surface area contributed by atoms with Crippen molar-refractivity contribution in [2.24, 2.45) is 5.73 Å². The number of rotatable bonds is 3.